The largest absolute Gasteiger partial charge is 0.456 e. The molecular formula is C27H14N2O2. The first kappa shape index (κ1) is 15.5. The normalized spacial score (nSPS) is 12.5. The standard InChI is InChI=1S/C27H14N2O2/c1-2-7-17-16(6-1)25-20(29-12-11-28-27(17)29)9-10-22-26(25)19-13-18-15-5-3-4-8-21(15)30-23(18)14-24(19)31-22/h1-14H. The third-order valence-corrected chi connectivity index (χ3v) is 6.45. The third kappa shape index (κ3) is 1.83. The van der Waals surface area contributed by atoms with Gasteiger partial charge in [-0.1, -0.05) is 42.5 Å². The smallest absolute Gasteiger partial charge is 0.145 e. The molecule has 0 unspecified atom stereocenters. The van der Waals surface area contributed by atoms with Gasteiger partial charge in [-0.15, -0.1) is 0 Å². The van der Waals surface area contributed by atoms with Crippen LogP contribution in [-0.2, 0) is 0 Å². The minimum atomic E-state index is 0.837. The SMILES string of the molecule is c1ccc2c(c1)oc1cc3oc4ccc5c(c6ccccc6c6nccn56)c4c3cc12. The summed E-state index contributed by atoms with van der Waals surface area (Å²) in [6.45, 7) is 0. The van der Waals surface area contributed by atoms with E-state index in [1.807, 2.05) is 36.7 Å². The lowest BCUT2D eigenvalue weighted by Gasteiger charge is -2.09. The molecule has 0 spiro atoms. The summed E-state index contributed by atoms with van der Waals surface area (Å²) in [4.78, 5) is 4.62. The molecule has 0 bridgehead atoms. The molecule has 144 valence electrons. The summed E-state index contributed by atoms with van der Waals surface area (Å²) < 4.78 is 14.6. The Morgan fingerprint density at radius 3 is 2.29 bits per heavy atom. The molecule has 4 aromatic carbocycles. The van der Waals surface area contributed by atoms with E-state index >= 15 is 0 Å². The Hall–Kier alpha value is -4.31. The van der Waals surface area contributed by atoms with Crippen LogP contribution < -0.4 is 0 Å². The van der Waals surface area contributed by atoms with Gasteiger partial charge in [0.2, 0.25) is 0 Å². The molecule has 0 saturated carbocycles. The molecule has 0 saturated heterocycles. The van der Waals surface area contributed by atoms with E-state index in [2.05, 4.69) is 57.9 Å². The molecule has 0 N–H and O–H groups in total. The molecule has 4 heteroatoms. The summed E-state index contributed by atoms with van der Waals surface area (Å²) in [7, 11) is 0. The Morgan fingerprint density at radius 1 is 0.581 bits per heavy atom. The van der Waals surface area contributed by atoms with Gasteiger partial charge in [0.05, 0.1) is 5.52 Å². The van der Waals surface area contributed by atoms with Crippen LogP contribution in [0.1, 0.15) is 0 Å². The number of fused-ring (bicyclic) bond motifs is 13. The van der Waals surface area contributed by atoms with Crippen molar-refractivity contribution >= 4 is 71.2 Å². The minimum absolute atomic E-state index is 0.837. The molecule has 0 aliphatic carbocycles. The van der Waals surface area contributed by atoms with Gasteiger partial charge >= 0.3 is 0 Å². The lowest BCUT2D eigenvalue weighted by Crippen LogP contribution is -1.90. The van der Waals surface area contributed by atoms with E-state index in [0.717, 1.165) is 60.4 Å². The van der Waals surface area contributed by atoms with Crippen LogP contribution in [0.5, 0.6) is 0 Å². The van der Waals surface area contributed by atoms with Crippen molar-refractivity contribution < 1.29 is 8.83 Å². The zero-order valence-electron chi connectivity index (χ0n) is 16.3. The average Bonchev–Trinajstić information content (AvgIpc) is 3.52. The molecule has 8 rings (SSSR count). The molecule has 0 aliphatic heterocycles. The number of hydrogen-bond donors (Lipinski definition) is 0. The first-order valence-corrected chi connectivity index (χ1v) is 10.3. The molecule has 0 aliphatic rings. The molecule has 4 aromatic heterocycles. The molecule has 8 aromatic rings. The highest BCUT2D eigenvalue weighted by molar-refractivity contribution is 6.29. The van der Waals surface area contributed by atoms with Crippen molar-refractivity contribution in [2.75, 3.05) is 0 Å². The maximum atomic E-state index is 6.32. The maximum Gasteiger partial charge on any atom is 0.145 e. The van der Waals surface area contributed by atoms with Crippen LogP contribution in [0.4, 0.5) is 0 Å². The predicted molar refractivity (Wildman–Crippen MR) is 125 cm³/mol. The predicted octanol–water partition coefficient (Wildman–Crippen LogP) is 7.44. The van der Waals surface area contributed by atoms with Crippen molar-refractivity contribution in [2.24, 2.45) is 0 Å². The molecule has 0 fully saturated rings. The van der Waals surface area contributed by atoms with Crippen molar-refractivity contribution in [1.29, 1.82) is 0 Å². The van der Waals surface area contributed by atoms with Crippen molar-refractivity contribution in [1.82, 2.24) is 9.38 Å². The van der Waals surface area contributed by atoms with Gasteiger partial charge in [0, 0.05) is 50.8 Å². The second-order valence-corrected chi connectivity index (χ2v) is 8.04. The maximum absolute atomic E-state index is 6.32. The molecule has 0 amide bonds. The summed E-state index contributed by atoms with van der Waals surface area (Å²) >= 11 is 0. The van der Waals surface area contributed by atoms with Crippen molar-refractivity contribution in [3.63, 3.8) is 0 Å². The van der Waals surface area contributed by atoms with E-state index in [4.69, 9.17) is 8.83 Å². The van der Waals surface area contributed by atoms with Crippen LogP contribution in [0.2, 0.25) is 0 Å². The highest BCUT2D eigenvalue weighted by atomic mass is 16.3. The Bertz CT molecular complexity index is 2000. The molecule has 0 radical (unpaired) electrons. The summed E-state index contributed by atoms with van der Waals surface area (Å²) in [5.41, 5.74) is 5.55. The van der Waals surface area contributed by atoms with Crippen molar-refractivity contribution in [3.05, 3.63) is 85.2 Å². The molecule has 4 nitrogen and oxygen atoms in total. The van der Waals surface area contributed by atoms with Gasteiger partial charge in [-0.25, -0.2) is 4.98 Å². The lowest BCUT2D eigenvalue weighted by molar-refractivity contribution is 0.656. The van der Waals surface area contributed by atoms with Gasteiger partial charge in [0.1, 0.15) is 28.0 Å². The van der Waals surface area contributed by atoms with Crippen molar-refractivity contribution in [2.45, 2.75) is 0 Å². The van der Waals surface area contributed by atoms with Gasteiger partial charge in [-0.05, 0) is 29.7 Å². The van der Waals surface area contributed by atoms with E-state index in [-0.39, 0.29) is 0 Å². The molecule has 0 atom stereocenters. The summed E-state index contributed by atoms with van der Waals surface area (Å²) in [5, 5.41) is 7.96. The van der Waals surface area contributed by atoms with Crippen LogP contribution in [-0.4, -0.2) is 9.38 Å². The number of pyridine rings is 1. The summed E-state index contributed by atoms with van der Waals surface area (Å²) in [5.74, 6) is 0. The fourth-order valence-corrected chi connectivity index (χ4v) is 5.14. The zero-order chi connectivity index (χ0) is 20.1. The Morgan fingerprint density at radius 2 is 1.35 bits per heavy atom. The molecule has 31 heavy (non-hydrogen) atoms. The second kappa shape index (κ2) is 5.24. The minimum Gasteiger partial charge on any atom is -0.456 e. The third-order valence-electron chi connectivity index (χ3n) is 6.45. The fraction of sp³-hybridized carbons (Fsp3) is 0. The quantitative estimate of drug-likeness (QED) is 0.249. The first-order valence-electron chi connectivity index (χ1n) is 10.3. The highest BCUT2D eigenvalue weighted by Gasteiger charge is 2.18. The van der Waals surface area contributed by atoms with Crippen LogP contribution in [0.3, 0.4) is 0 Å². The zero-order valence-corrected chi connectivity index (χ0v) is 16.3. The highest BCUT2D eigenvalue weighted by Crippen LogP contribution is 2.41. The molecular weight excluding hydrogens is 384 g/mol. The van der Waals surface area contributed by atoms with E-state index < -0.39 is 0 Å². The van der Waals surface area contributed by atoms with Crippen LogP contribution in [0.15, 0.2) is 94.0 Å². The van der Waals surface area contributed by atoms with Gasteiger partial charge in [-0.2, -0.15) is 0 Å². The van der Waals surface area contributed by atoms with Gasteiger partial charge in [0.15, 0.2) is 0 Å². The Balaban J connectivity index is 1.68. The Labute approximate surface area is 174 Å². The lowest BCUT2D eigenvalue weighted by atomic mass is 10.00. The van der Waals surface area contributed by atoms with E-state index in [0.29, 0.717) is 0 Å². The van der Waals surface area contributed by atoms with E-state index in [1.165, 1.54) is 10.8 Å². The summed E-state index contributed by atoms with van der Waals surface area (Å²) in [6.07, 6.45) is 3.89. The number of furan rings is 2. The number of benzene rings is 4. The monoisotopic (exact) mass is 398 g/mol. The number of rotatable bonds is 0. The van der Waals surface area contributed by atoms with Gasteiger partial charge in [0.25, 0.3) is 0 Å². The van der Waals surface area contributed by atoms with E-state index in [1.54, 1.807) is 0 Å². The van der Waals surface area contributed by atoms with Crippen LogP contribution >= 0.6 is 0 Å². The van der Waals surface area contributed by atoms with Gasteiger partial charge in [-0.3, -0.25) is 4.40 Å². The number of hydrogen-bond acceptors (Lipinski definition) is 3. The number of para-hydroxylation sites is 1. The number of nitrogens with zero attached hydrogens (tertiary/aromatic N) is 2. The van der Waals surface area contributed by atoms with Crippen LogP contribution in [0, 0.1) is 0 Å². The Kier molecular flexibility index (Phi) is 2.62. The molecule has 4 heterocycles. The van der Waals surface area contributed by atoms with Crippen LogP contribution in [0.25, 0.3) is 71.2 Å². The van der Waals surface area contributed by atoms with Crippen molar-refractivity contribution in [3.8, 4) is 0 Å². The topological polar surface area (TPSA) is 43.6 Å². The number of aromatic nitrogens is 2. The first-order chi connectivity index (χ1) is 15.4. The average molecular weight is 398 g/mol. The van der Waals surface area contributed by atoms with E-state index in [9.17, 15) is 0 Å². The van der Waals surface area contributed by atoms with Gasteiger partial charge < -0.3 is 8.83 Å². The fourth-order valence-electron chi connectivity index (χ4n) is 5.14. The summed E-state index contributed by atoms with van der Waals surface area (Å²) in [6, 6.07) is 25.1. The second-order valence-electron chi connectivity index (χ2n) is 8.04. The number of imidazole rings is 1.